The summed E-state index contributed by atoms with van der Waals surface area (Å²) in [5, 5.41) is 2.89. The fourth-order valence-corrected chi connectivity index (χ4v) is 3.92. The largest absolute Gasteiger partial charge is 0.496 e. The standard InChI is InChI=1S/C19H23N3O4S/c1-26-18-9-4-3-8-17(18)19(23)20-15-6-5-7-16(14-15)21-10-12-22(13-11-21)27(2,24)25/h3-9,14H,10-13H2,1-2H3,(H,20,23). The average molecular weight is 389 g/mol. The van der Waals surface area contributed by atoms with Crippen LogP contribution in [0.2, 0.25) is 0 Å². The molecule has 0 aliphatic carbocycles. The zero-order valence-electron chi connectivity index (χ0n) is 15.4. The Balaban J connectivity index is 1.70. The minimum absolute atomic E-state index is 0.244. The lowest BCUT2D eigenvalue weighted by Gasteiger charge is -2.34. The molecule has 1 N–H and O–H groups in total. The Morgan fingerprint density at radius 1 is 1.04 bits per heavy atom. The number of anilines is 2. The first-order valence-electron chi connectivity index (χ1n) is 8.63. The second-order valence-corrected chi connectivity index (χ2v) is 8.34. The van der Waals surface area contributed by atoms with E-state index in [1.165, 1.54) is 17.7 Å². The van der Waals surface area contributed by atoms with Gasteiger partial charge in [0.05, 0.1) is 18.9 Å². The molecule has 0 unspecified atom stereocenters. The number of hydrogen-bond donors (Lipinski definition) is 1. The van der Waals surface area contributed by atoms with Gasteiger partial charge in [0.2, 0.25) is 10.0 Å². The number of rotatable bonds is 5. The zero-order chi connectivity index (χ0) is 19.4. The van der Waals surface area contributed by atoms with Gasteiger partial charge in [-0.25, -0.2) is 8.42 Å². The molecule has 1 fully saturated rings. The van der Waals surface area contributed by atoms with Gasteiger partial charge in [-0.15, -0.1) is 0 Å². The van der Waals surface area contributed by atoms with E-state index in [1.807, 2.05) is 30.3 Å². The van der Waals surface area contributed by atoms with E-state index in [-0.39, 0.29) is 5.91 Å². The fourth-order valence-electron chi connectivity index (χ4n) is 3.09. The Bertz CT molecular complexity index is 922. The molecule has 1 aliphatic heterocycles. The molecule has 144 valence electrons. The van der Waals surface area contributed by atoms with Crippen LogP contribution in [-0.2, 0) is 10.0 Å². The van der Waals surface area contributed by atoms with E-state index in [0.29, 0.717) is 43.2 Å². The molecule has 0 radical (unpaired) electrons. The van der Waals surface area contributed by atoms with Gasteiger partial charge in [-0.3, -0.25) is 4.79 Å². The first-order valence-corrected chi connectivity index (χ1v) is 10.5. The Labute approximate surface area is 159 Å². The Morgan fingerprint density at radius 2 is 1.74 bits per heavy atom. The van der Waals surface area contributed by atoms with Crippen molar-refractivity contribution in [1.29, 1.82) is 0 Å². The number of nitrogens with one attached hydrogen (secondary N) is 1. The van der Waals surface area contributed by atoms with Crippen LogP contribution in [-0.4, -0.2) is 58.2 Å². The number of carbonyl (C=O) groups excluding carboxylic acids is 1. The lowest BCUT2D eigenvalue weighted by Crippen LogP contribution is -2.48. The molecule has 8 heteroatoms. The molecule has 1 aliphatic rings. The van der Waals surface area contributed by atoms with Crippen LogP contribution in [0, 0.1) is 0 Å². The lowest BCUT2D eigenvalue weighted by molar-refractivity contribution is 0.102. The van der Waals surface area contributed by atoms with E-state index in [2.05, 4.69) is 10.2 Å². The van der Waals surface area contributed by atoms with E-state index < -0.39 is 10.0 Å². The summed E-state index contributed by atoms with van der Waals surface area (Å²) in [5.74, 6) is 0.273. The Hall–Kier alpha value is -2.58. The van der Waals surface area contributed by atoms with Crippen LogP contribution in [0.15, 0.2) is 48.5 Å². The molecule has 7 nitrogen and oxygen atoms in total. The molecule has 0 spiro atoms. The monoisotopic (exact) mass is 389 g/mol. The van der Waals surface area contributed by atoms with Crippen molar-refractivity contribution in [1.82, 2.24) is 4.31 Å². The molecule has 1 saturated heterocycles. The highest BCUT2D eigenvalue weighted by atomic mass is 32.2. The summed E-state index contributed by atoms with van der Waals surface area (Å²) < 4.78 is 30.0. The summed E-state index contributed by atoms with van der Waals surface area (Å²) in [7, 11) is -1.62. The zero-order valence-corrected chi connectivity index (χ0v) is 16.2. The first kappa shape index (κ1) is 19.2. The van der Waals surface area contributed by atoms with Gasteiger partial charge in [0.15, 0.2) is 0 Å². The number of amides is 1. The molecule has 3 rings (SSSR count). The third kappa shape index (κ3) is 4.58. The molecule has 0 saturated carbocycles. The van der Waals surface area contributed by atoms with Crippen LogP contribution in [0.25, 0.3) is 0 Å². The number of sulfonamides is 1. The van der Waals surface area contributed by atoms with Crippen molar-refractivity contribution >= 4 is 27.3 Å². The molecule has 0 bridgehead atoms. The van der Waals surface area contributed by atoms with Crippen molar-refractivity contribution in [2.45, 2.75) is 0 Å². The van der Waals surface area contributed by atoms with Crippen molar-refractivity contribution in [3.8, 4) is 5.75 Å². The second kappa shape index (κ2) is 7.98. The minimum atomic E-state index is -3.16. The predicted molar refractivity (Wildman–Crippen MR) is 106 cm³/mol. The average Bonchev–Trinajstić information content (AvgIpc) is 2.67. The van der Waals surface area contributed by atoms with Gasteiger partial charge < -0.3 is 15.0 Å². The van der Waals surface area contributed by atoms with E-state index in [4.69, 9.17) is 4.74 Å². The number of piperazine rings is 1. The number of nitrogens with zero attached hydrogens (tertiary/aromatic N) is 2. The summed E-state index contributed by atoms with van der Waals surface area (Å²) in [6, 6.07) is 14.6. The number of methoxy groups -OCH3 is 1. The van der Waals surface area contributed by atoms with Crippen LogP contribution in [0.5, 0.6) is 5.75 Å². The number of ether oxygens (including phenoxy) is 1. The summed E-state index contributed by atoms with van der Waals surface area (Å²) in [6.45, 7) is 2.13. The third-order valence-electron chi connectivity index (χ3n) is 4.53. The maximum absolute atomic E-state index is 12.6. The number of benzene rings is 2. The van der Waals surface area contributed by atoms with Crippen molar-refractivity contribution in [2.75, 3.05) is 49.8 Å². The molecule has 0 atom stereocenters. The van der Waals surface area contributed by atoms with Gasteiger partial charge in [0.25, 0.3) is 5.91 Å². The Morgan fingerprint density at radius 3 is 2.41 bits per heavy atom. The molecule has 27 heavy (non-hydrogen) atoms. The van der Waals surface area contributed by atoms with Crippen molar-refractivity contribution in [3.05, 3.63) is 54.1 Å². The molecular weight excluding hydrogens is 366 g/mol. The highest BCUT2D eigenvalue weighted by Gasteiger charge is 2.23. The highest BCUT2D eigenvalue weighted by Crippen LogP contribution is 2.23. The van der Waals surface area contributed by atoms with E-state index >= 15 is 0 Å². The molecule has 1 heterocycles. The van der Waals surface area contributed by atoms with E-state index in [0.717, 1.165) is 5.69 Å². The van der Waals surface area contributed by atoms with Gasteiger partial charge in [-0.2, -0.15) is 4.31 Å². The van der Waals surface area contributed by atoms with Crippen molar-refractivity contribution in [2.24, 2.45) is 0 Å². The molecule has 1 amide bonds. The molecular formula is C19H23N3O4S. The predicted octanol–water partition coefficient (Wildman–Crippen LogP) is 2.03. The summed E-state index contributed by atoms with van der Waals surface area (Å²) in [5.41, 5.74) is 2.09. The van der Waals surface area contributed by atoms with Gasteiger partial charge in [0, 0.05) is 37.6 Å². The SMILES string of the molecule is COc1ccccc1C(=O)Nc1cccc(N2CCN(S(C)(=O)=O)CC2)c1. The Kier molecular flexibility index (Phi) is 5.67. The molecule has 0 aromatic heterocycles. The maximum Gasteiger partial charge on any atom is 0.259 e. The molecule has 2 aromatic rings. The summed E-state index contributed by atoms with van der Waals surface area (Å²) >= 11 is 0. The normalized spacial score (nSPS) is 15.4. The van der Waals surface area contributed by atoms with Crippen molar-refractivity contribution in [3.63, 3.8) is 0 Å². The fraction of sp³-hybridized carbons (Fsp3) is 0.316. The first-order chi connectivity index (χ1) is 12.9. The van der Waals surface area contributed by atoms with E-state index in [1.54, 1.807) is 18.2 Å². The van der Waals surface area contributed by atoms with Crippen LogP contribution in [0.1, 0.15) is 10.4 Å². The van der Waals surface area contributed by atoms with Gasteiger partial charge in [-0.05, 0) is 30.3 Å². The van der Waals surface area contributed by atoms with E-state index in [9.17, 15) is 13.2 Å². The molecule has 2 aromatic carbocycles. The topological polar surface area (TPSA) is 79.0 Å². The smallest absolute Gasteiger partial charge is 0.259 e. The van der Waals surface area contributed by atoms with Crippen LogP contribution in [0.4, 0.5) is 11.4 Å². The maximum atomic E-state index is 12.6. The van der Waals surface area contributed by atoms with Gasteiger partial charge in [0.1, 0.15) is 5.75 Å². The van der Waals surface area contributed by atoms with Crippen LogP contribution >= 0.6 is 0 Å². The highest BCUT2D eigenvalue weighted by molar-refractivity contribution is 7.88. The minimum Gasteiger partial charge on any atom is -0.496 e. The quantitative estimate of drug-likeness (QED) is 0.847. The number of para-hydroxylation sites is 1. The lowest BCUT2D eigenvalue weighted by atomic mass is 10.1. The number of carbonyl (C=O) groups is 1. The van der Waals surface area contributed by atoms with Crippen LogP contribution < -0.4 is 15.0 Å². The number of hydrogen-bond acceptors (Lipinski definition) is 5. The third-order valence-corrected chi connectivity index (χ3v) is 5.83. The van der Waals surface area contributed by atoms with Crippen LogP contribution in [0.3, 0.4) is 0 Å². The summed E-state index contributed by atoms with van der Waals surface area (Å²) in [4.78, 5) is 14.7. The van der Waals surface area contributed by atoms with Crippen molar-refractivity contribution < 1.29 is 17.9 Å². The second-order valence-electron chi connectivity index (χ2n) is 6.35. The van der Waals surface area contributed by atoms with Gasteiger partial charge >= 0.3 is 0 Å². The van der Waals surface area contributed by atoms with Gasteiger partial charge in [-0.1, -0.05) is 18.2 Å². The summed E-state index contributed by atoms with van der Waals surface area (Å²) in [6.07, 6.45) is 1.23.